The van der Waals surface area contributed by atoms with E-state index in [1.807, 2.05) is 33.9 Å². The van der Waals surface area contributed by atoms with Crippen molar-refractivity contribution < 1.29 is 37.9 Å². The topological polar surface area (TPSA) is 214 Å². The Labute approximate surface area is 286 Å². The van der Waals surface area contributed by atoms with Crippen molar-refractivity contribution in [1.82, 2.24) is 20.9 Å². The lowest BCUT2D eigenvalue weighted by Gasteiger charge is -2.37. The molecule has 0 radical (unpaired) electrons. The second-order valence-electron chi connectivity index (χ2n) is 13.1. The van der Waals surface area contributed by atoms with E-state index in [4.69, 9.17) is 19.4 Å². The number of aromatic nitrogens is 1. The molecule has 1 aromatic heterocycles. The number of thiazole rings is 1. The normalized spacial score (nSPS) is 15.0. The van der Waals surface area contributed by atoms with E-state index in [1.165, 1.54) is 18.3 Å². The fourth-order valence-corrected chi connectivity index (χ4v) is 6.30. The maximum absolute atomic E-state index is 13.4. The highest BCUT2D eigenvalue weighted by atomic mass is 32.1. The fourth-order valence-electron chi connectivity index (χ4n) is 4.43. The first-order chi connectivity index (χ1) is 22.6. The van der Waals surface area contributed by atoms with Gasteiger partial charge in [-0.2, -0.15) is 0 Å². The quantitative estimate of drug-likeness (QED) is 0.0504. The number of ether oxygens (including phenoxy) is 2. The summed E-state index contributed by atoms with van der Waals surface area (Å²) in [6.07, 6.45) is 4.20. The summed E-state index contributed by atoms with van der Waals surface area (Å²) in [4.78, 5) is 72.1. The van der Waals surface area contributed by atoms with Crippen LogP contribution in [0, 0.1) is 0 Å². The average Bonchev–Trinajstić information content (AvgIpc) is 3.52. The third-order valence-corrected chi connectivity index (χ3v) is 13.8. The number of nitrogens with zero attached hydrogens (tertiary/aromatic N) is 5. The summed E-state index contributed by atoms with van der Waals surface area (Å²) in [5.41, 5.74) is 8.45. The van der Waals surface area contributed by atoms with Crippen molar-refractivity contribution in [3.8, 4) is 0 Å². The van der Waals surface area contributed by atoms with Gasteiger partial charge in [0.2, 0.25) is 11.8 Å². The number of hydrogen-bond donors (Lipinski definition) is 3. The van der Waals surface area contributed by atoms with Crippen LogP contribution in [0.5, 0.6) is 0 Å². The van der Waals surface area contributed by atoms with Gasteiger partial charge in [0.25, 0.3) is 5.91 Å². The molecule has 1 aliphatic rings. The summed E-state index contributed by atoms with van der Waals surface area (Å²) in [7, 11) is -1.20. The average molecular weight is 711 g/mol. The minimum atomic E-state index is -2.34. The van der Waals surface area contributed by atoms with E-state index >= 15 is 0 Å². The second kappa shape index (κ2) is 19.3. The van der Waals surface area contributed by atoms with E-state index in [2.05, 4.69) is 35.9 Å². The van der Waals surface area contributed by atoms with Gasteiger partial charge in [0.1, 0.15) is 18.3 Å². The number of esters is 2. The third kappa shape index (κ3) is 13.4. The Hall–Kier alpha value is -3.73. The van der Waals surface area contributed by atoms with E-state index in [0.717, 1.165) is 39.2 Å². The molecule has 2 atom stereocenters. The fraction of sp³-hybridized carbons (Fsp3) is 0.733. The Morgan fingerprint density at radius 3 is 2.40 bits per heavy atom. The smallest absolute Gasteiger partial charge is 0.331 e. The number of piperidine rings is 1. The van der Waals surface area contributed by atoms with Crippen LogP contribution in [0.4, 0.5) is 5.13 Å². The Bertz CT molecular complexity index is 1310. The molecule has 1 fully saturated rings. The van der Waals surface area contributed by atoms with Gasteiger partial charge in [-0.1, -0.05) is 32.3 Å². The van der Waals surface area contributed by atoms with Crippen LogP contribution >= 0.6 is 11.3 Å². The zero-order valence-electron chi connectivity index (χ0n) is 29.0. The van der Waals surface area contributed by atoms with Crippen molar-refractivity contribution in [1.29, 1.82) is 0 Å². The molecule has 0 saturated carbocycles. The molecule has 268 valence electrons. The number of azide groups is 1. The van der Waals surface area contributed by atoms with Crippen LogP contribution in [0.15, 0.2) is 10.5 Å². The molecule has 0 aliphatic carbocycles. The van der Waals surface area contributed by atoms with E-state index in [0.29, 0.717) is 31.2 Å². The molecule has 3 N–H and O–H groups in total. The number of carbonyl (C=O) groups excluding carboxylic acids is 5. The van der Waals surface area contributed by atoms with Crippen molar-refractivity contribution in [2.75, 3.05) is 44.9 Å². The van der Waals surface area contributed by atoms with E-state index in [9.17, 15) is 24.0 Å². The summed E-state index contributed by atoms with van der Waals surface area (Å²) in [5.74, 6) is -2.74. The van der Waals surface area contributed by atoms with Gasteiger partial charge in [-0.15, -0.1) is 11.3 Å². The number of rotatable bonds is 18. The maximum atomic E-state index is 13.4. The largest absolute Gasteiger partial charge is 0.467 e. The summed E-state index contributed by atoms with van der Waals surface area (Å²) in [6.45, 7) is 12.5. The molecule has 2 heterocycles. The predicted octanol–water partition coefficient (Wildman–Crippen LogP) is 3.44. The molecule has 48 heavy (non-hydrogen) atoms. The molecule has 0 aromatic carbocycles. The van der Waals surface area contributed by atoms with Gasteiger partial charge in [-0.25, -0.2) is 9.78 Å². The van der Waals surface area contributed by atoms with E-state index < -0.39 is 50.8 Å². The monoisotopic (exact) mass is 710 g/mol. The van der Waals surface area contributed by atoms with Crippen LogP contribution in [0.3, 0.4) is 0 Å². The highest BCUT2D eigenvalue weighted by Crippen LogP contribution is 2.36. The minimum absolute atomic E-state index is 0.00542. The molecule has 16 nitrogen and oxygen atoms in total. The highest BCUT2D eigenvalue weighted by Gasteiger charge is 2.39. The highest BCUT2D eigenvalue weighted by molar-refractivity contribution is 7.13. The lowest BCUT2D eigenvalue weighted by atomic mass is 10.0. The standard InChI is InChI=1S/C30H50N8O8SSi/c1-20(39)45-17-23(28(43)44-5)35-26(41)22(18-46-48(6,7)30(2,3)4)34-27(42)24-19-47-29(36-24)38-15-12-21(13-16-38)33-25(40)11-9-8-10-14-32-37-31/h19,21-23H,8-18H2,1-7H3,(H,33,40)(H,34,42)(H,35,41)/t22-,23-/m0/s1. The van der Waals surface area contributed by atoms with Crippen molar-refractivity contribution in [3.63, 3.8) is 0 Å². The number of unbranched alkanes of at least 4 members (excludes halogenated alkanes) is 2. The zero-order chi connectivity index (χ0) is 35.9. The Kier molecular flexibility index (Phi) is 16.3. The molecular weight excluding hydrogens is 661 g/mol. The summed E-state index contributed by atoms with van der Waals surface area (Å²) in [5, 5.41) is 13.9. The van der Waals surface area contributed by atoms with Crippen molar-refractivity contribution in [2.24, 2.45) is 5.11 Å². The number of anilines is 1. The van der Waals surface area contributed by atoms with Crippen LogP contribution in [0.25, 0.3) is 10.4 Å². The Morgan fingerprint density at radius 1 is 1.10 bits per heavy atom. The number of hydrogen-bond acceptors (Lipinski definition) is 12. The lowest BCUT2D eigenvalue weighted by Crippen LogP contribution is -2.56. The van der Waals surface area contributed by atoms with Gasteiger partial charge in [0.15, 0.2) is 19.5 Å². The summed E-state index contributed by atoms with van der Waals surface area (Å²) < 4.78 is 15.9. The van der Waals surface area contributed by atoms with Crippen LogP contribution in [0.1, 0.15) is 76.7 Å². The Morgan fingerprint density at radius 2 is 1.79 bits per heavy atom. The zero-order valence-corrected chi connectivity index (χ0v) is 30.8. The van der Waals surface area contributed by atoms with Crippen molar-refractivity contribution >= 4 is 54.4 Å². The third-order valence-electron chi connectivity index (χ3n) is 8.37. The number of nitrogens with one attached hydrogen (secondary N) is 3. The van der Waals surface area contributed by atoms with Crippen LogP contribution in [-0.2, 0) is 33.1 Å². The van der Waals surface area contributed by atoms with Gasteiger partial charge in [-0.05, 0) is 49.3 Å². The van der Waals surface area contributed by atoms with Crippen molar-refractivity contribution in [3.05, 3.63) is 21.5 Å². The molecular formula is C30H50N8O8SSi. The van der Waals surface area contributed by atoms with Gasteiger partial charge >= 0.3 is 11.9 Å². The predicted molar refractivity (Wildman–Crippen MR) is 183 cm³/mol. The molecule has 2 rings (SSSR count). The molecule has 18 heteroatoms. The van der Waals surface area contributed by atoms with Gasteiger partial charge in [0.05, 0.1) is 13.7 Å². The first-order valence-corrected chi connectivity index (χ1v) is 19.8. The number of carbonyl (C=O) groups is 5. The summed E-state index contributed by atoms with van der Waals surface area (Å²) in [6, 6.07) is -2.42. The molecule has 0 unspecified atom stereocenters. The second-order valence-corrected chi connectivity index (χ2v) is 18.7. The van der Waals surface area contributed by atoms with Gasteiger partial charge in [-0.3, -0.25) is 19.2 Å². The molecule has 0 bridgehead atoms. The number of methoxy groups -OCH3 is 1. The Balaban J connectivity index is 2.03. The van der Waals surface area contributed by atoms with Crippen LogP contribution in [0.2, 0.25) is 18.1 Å². The first kappa shape index (κ1) is 40.4. The van der Waals surface area contributed by atoms with Gasteiger partial charge in [0, 0.05) is 49.3 Å². The molecule has 1 aromatic rings. The molecule has 3 amide bonds. The SMILES string of the molecule is COC(=O)[C@H](COC(C)=O)NC(=O)[C@H](CO[Si](C)(C)C(C)(C)C)NC(=O)c1csc(N2CCC(NC(=O)CCCCCN=[N+]=[N-])CC2)n1. The number of amides is 3. The molecule has 1 saturated heterocycles. The van der Waals surface area contributed by atoms with Gasteiger partial charge < -0.3 is 34.8 Å². The van der Waals surface area contributed by atoms with Crippen LogP contribution in [-0.4, -0.2) is 101 Å². The molecule has 0 spiro atoms. The van der Waals surface area contributed by atoms with E-state index in [-0.39, 0.29) is 29.3 Å². The van der Waals surface area contributed by atoms with Crippen molar-refractivity contribution in [2.45, 2.75) is 102 Å². The summed E-state index contributed by atoms with van der Waals surface area (Å²) >= 11 is 1.30. The van der Waals surface area contributed by atoms with Crippen LogP contribution < -0.4 is 20.9 Å². The van der Waals surface area contributed by atoms with E-state index in [1.54, 1.807) is 5.38 Å². The lowest BCUT2D eigenvalue weighted by molar-refractivity contribution is -0.151. The maximum Gasteiger partial charge on any atom is 0.331 e. The first-order valence-electron chi connectivity index (χ1n) is 16.0. The molecule has 1 aliphatic heterocycles. The minimum Gasteiger partial charge on any atom is -0.467 e.